The van der Waals surface area contributed by atoms with E-state index < -0.39 is 9.84 Å². The van der Waals surface area contributed by atoms with Crippen LogP contribution in [0.1, 0.15) is 46.0 Å². The molecule has 0 aromatic rings. The highest BCUT2D eigenvalue weighted by Crippen LogP contribution is 2.33. The zero-order valence-electron chi connectivity index (χ0n) is 13.0. The Morgan fingerprint density at radius 1 is 1.20 bits per heavy atom. The van der Waals surface area contributed by atoms with Crippen molar-refractivity contribution in [1.82, 2.24) is 4.90 Å². The van der Waals surface area contributed by atoms with Crippen LogP contribution in [-0.2, 0) is 9.84 Å². The largest absolute Gasteiger partial charge is 0.329 e. The fraction of sp³-hybridized carbons (Fsp3) is 1.00. The second-order valence-electron chi connectivity index (χ2n) is 7.00. The summed E-state index contributed by atoms with van der Waals surface area (Å²) < 4.78 is 23.4. The van der Waals surface area contributed by atoms with E-state index in [9.17, 15) is 8.42 Å². The monoisotopic (exact) mass is 302 g/mol. The lowest BCUT2D eigenvalue weighted by Crippen LogP contribution is -2.58. The highest BCUT2D eigenvalue weighted by atomic mass is 32.2. The zero-order chi connectivity index (χ0) is 14.8. The summed E-state index contributed by atoms with van der Waals surface area (Å²) in [6.07, 6.45) is 5.19. The van der Waals surface area contributed by atoms with Gasteiger partial charge < -0.3 is 5.73 Å². The molecule has 2 fully saturated rings. The van der Waals surface area contributed by atoms with Crippen molar-refractivity contribution in [3.63, 3.8) is 0 Å². The number of rotatable bonds is 3. The van der Waals surface area contributed by atoms with Crippen LogP contribution >= 0.6 is 0 Å². The molecule has 2 saturated heterocycles. The van der Waals surface area contributed by atoms with Crippen molar-refractivity contribution in [2.45, 2.75) is 51.5 Å². The van der Waals surface area contributed by atoms with E-state index in [0.29, 0.717) is 18.1 Å². The first-order valence-electron chi connectivity index (χ1n) is 8.04. The van der Waals surface area contributed by atoms with Gasteiger partial charge in [-0.05, 0) is 57.0 Å². The molecule has 0 amide bonds. The Bertz CT molecular complexity index is 406. The molecule has 2 rings (SSSR count). The van der Waals surface area contributed by atoms with Crippen molar-refractivity contribution in [3.8, 4) is 0 Å². The summed E-state index contributed by atoms with van der Waals surface area (Å²) in [6.45, 7) is 7.38. The quantitative estimate of drug-likeness (QED) is 0.861. The minimum Gasteiger partial charge on any atom is -0.329 e. The van der Waals surface area contributed by atoms with Crippen LogP contribution in [0.15, 0.2) is 0 Å². The van der Waals surface area contributed by atoms with Crippen molar-refractivity contribution >= 4 is 9.84 Å². The number of likely N-dealkylation sites (tertiary alicyclic amines) is 1. The van der Waals surface area contributed by atoms with Crippen LogP contribution in [0, 0.1) is 11.8 Å². The minimum absolute atomic E-state index is 0.0583. The van der Waals surface area contributed by atoms with Gasteiger partial charge in [0.05, 0.1) is 11.5 Å². The van der Waals surface area contributed by atoms with E-state index in [-0.39, 0.29) is 5.54 Å². The summed E-state index contributed by atoms with van der Waals surface area (Å²) in [5, 5.41) is 0. The van der Waals surface area contributed by atoms with E-state index in [1.165, 1.54) is 19.3 Å². The van der Waals surface area contributed by atoms with Gasteiger partial charge in [-0.25, -0.2) is 8.42 Å². The van der Waals surface area contributed by atoms with Crippen LogP contribution < -0.4 is 5.73 Å². The van der Waals surface area contributed by atoms with Crippen LogP contribution in [0.4, 0.5) is 0 Å². The first-order chi connectivity index (χ1) is 9.38. The first kappa shape index (κ1) is 16.2. The van der Waals surface area contributed by atoms with E-state index >= 15 is 0 Å². The molecule has 0 radical (unpaired) electrons. The van der Waals surface area contributed by atoms with E-state index in [0.717, 1.165) is 37.8 Å². The topological polar surface area (TPSA) is 63.4 Å². The predicted molar refractivity (Wildman–Crippen MR) is 83.4 cm³/mol. The standard InChI is InChI=1S/C15H30N2O2S/c1-13(2)14-4-3-8-17(9-5-14)15(12-16)6-10-20(18,19)11-7-15/h13-14H,3-12,16H2,1-2H3. The Morgan fingerprint density at radius 3 is 2.40 bits per heavy atom. The highest BCUT2D eigenvalue weighted by Gasteiger charge is 2.41. The minimum atomic E-state index is -2.82. The molecule has 4 nitrogen and oxygen atoms in total. The molecule has 0 aliphatic carbocycles. The molecule has 1 atom stereocenters. The van der Waals surface area contributed by atoms with Gasteiger partial charge in [-0.3, -0.25) is 4.90 Å². The molecule has 2 N–H and O–H groups in total. The first-order valence-corrected chi connectivity index (χ1v) is 9.86. The molecule has 0 bridgehead atoms. The molecule has 118 valence electrons. The molecular weight excluding hydrogens is 272 g/mol. The zero-order valence-corrected chi connectivity index (χ0v) is 13.8. The number of hydrogen-bond donors (Lipinski definition) is 1. The number of nitrogens with zero attached hydrogens (tertiary/aromatic N) is 1. The van der Waals surface area contributed by atoms with Crippen molar-refractivity contribution in [3.05, 3.63) is 0 Å². The smallest absolute Gasteiger partial charge is 0.150 e. The van der Waals surface area contributed by atoms with Gasteiger partial charge in [-0.15, -0.1) is 0 Å². The van der Waals surface area contributed by atoms with Gasteiger partial charge in [0, 0.05) is 12.1 Å². The molecule has 0 saturated carbocycles. The maximum atomic E-state index is 11.7. The second-order valence-corrected chi connectivity index (χ2v) is 9.31. The molecule has 0 aromatic carbocycles. The van der Waals surface area contributed by atoms with Gasteiger partial charge in [-0.2, -0.15) is 0 Å². The molecule has 2 aliphatic rings. The Morgan fingerprint density at radius 2 is 1.85 bits per heavy atom. The maximum absolute atomic E-state index is 11.7. The average molecular weight is 302 g/mol. The lowest BCUT2D eigenvalue weighted by atomic mass is 9.88. The Kier molecular flexibility index (Phi) is 5.14. The SMILES string of the molecule is CC(C)C1CCCN(C2(CN)CCS(=O)(=O)CC2)CC1. The Labute approximate surface area is 124 Å². The summed E-state index contributed by atoms with van der Waals surface area (Å²) in [6, 6.07) is 0. The number of hydrogen-bond acceptors (Lipinski definition) is 4. The summed E-state index contributed by atoms with van der Waals surface area (Å²) >= 11 is 0. The van der Waals surface area contributed by atoms with Crippen molar-refractivity contribution in [2.75, 3.05) is 31.1 Å². The van der Waals surface area contributed by atoms with Gasteiger partial charge in [0.25, 0.3) is 0 Å². The number of sulfone groups is 1. The molecule has 0 aromatic heterocycles. The Balaban J connectivity index is 2.05. The van der Waals surface area contributed by atoms with E-state index in [2.05, 4.69) is 18.7 Å². The van der Waals surface area contributed by atoms with E-state index in [4.69, 9.17) is 5.73 Å². The third kappa shape index (κ3) is 3.55. The summed E-state index contributed by atoms with van der Waals surface area (Å²) in [5.41, 5.74) is 6.01. The molecule has 1 unspecified atom stereocenters. The normalized spacial score (nSPS) is 31.1. The highest BCUT2D eigenvalue weighted by molar-refractivity contribution is 7.91. The van der Waals surface area contributed by atoms with Gasteiger partial charge >= 0.3 is 0 Å². The third-order valence-electron chi connectivity index (χ3n) is 5.52. The molecule has 20 heavy (non-hydrogen) atoms. The fourth-order valence-corrected chi connectivity index (χ4v) is 5.42. The average Bonchev–Trinajstić information content (AvgIpc) is 2.66. The third-order valence-corrected chi connectivity index (χ3v) is 7.18. The van der Waals surface area contributed by atoms with Crippen LogP contribution in [0.3, 0.4) is 0 Å². The van der Waals surface area contributed by atoms with Gasteiger partial charge in [0.15, 0.2) is 0 Å². The lowest BCUT2D eigenvalue weighted by molar-refractivity contribution is 0.0848. The summed E-state index contributed by atoms with van der Waals surface area (Å²) in [7, 11) is -2.82. The van der Waals surface area contributed by atoms with Crippen molar-refractivity contribution in [1.29, 1.82) is 0 Å². The summed E-state index contributed by atoms with van der Waals surface area (Å²) in [5.74, 6) is 2.18. The van der Waals surface area contributed by atoms with Gasteiger partial charge in [-0.1, -0.05) is 13.8 Å². The van der Waals surface area contributed by atoms with Gasteiger partial charge in [0.1, 0.15) is 9.84 Å². The van der Waals surface area contributed by atoms with Gasteiger partial charge in [0.2, 0.25) is 0 Å². The number of nitrogens with two attached hydrogens (primary N) is 1. The van der Waals surface area contributed by atoms with Crippen LogP contribution in [0.25, 0.3) is 0 Å². The van der Waals surface area contributed by atoms with E-state index in [1.54, 1.807) is 0 Å². The fourth-order valence-electron chi connectivity index (χ4n) is 3.83. The van der Waals surface area contributed by atoms with Crippen LogP contribution in [0.2, 0.25) is 0 Å². The Hall–Kier alpha value is -0.130. The molecule has 2 aliphatic heterocycles. The molecule has 2 heterocycles. The van der Waals surface area contributed by atoms with Crippen LogP contribution in [-0.4, -0.2) is 50.0 Å². The predicted octanol–water partition coefficient (Wildman–Crippen LogP) is 1.65. The molecular formula is C15H30N2O2S. The lowest BCUT2D eigenvalue weighted by Gasteiger charge is -2.45. The second kappa shape index (κ2) is 6.32. The van der Waals surface area contributed by atoms with Crippen LogP contribution in [0.5, 0.6) is 0 Å². The maximum Gasteiger partial charge on any atom is 0.150 e. The summed E-state index contributed by atoms with van der Waals surface area (Å²) in [4.78, 5) is 2.52. The molecule has 0 spiro atoms. The molecule has 5 heteroatoms. The van der Waals surface area contributed by atoms with E-state index in [1.807, 2.05) is 0 Å². The van der Waals surface area contributed by atoms with Crippen molar-refractivity contribution in [2.24, 2.45) is 17.6 Å². The van der Waals surface area contributed by atoms with Crippen molar-refractivity contribution < 1.29 is 8.42 Å².